The van der Waals surface area contributed by atoms with E-state index in [1.54, 1.807) is 18.2 Å². The Bertz CT molecular complexity index is 621. The van der Waals surface area contributed by atoms with Gasteiger partial charge in [-0.1, -0.05) is 17.3 Å². The first-order valence-electron chi connectivity index (χ1n) is 5.41. The van der Waals surface area contributed by atoms with Gasteiger partial charge in [-0.2, -0.15) is 0 Å². The SMILES string of the molecule is COC(=O)c1cn(Cc2cccc(C(=O)O)c2)nn1. The molecule has 7 nitrogen and oxygen atoms in total. The Labute approximate surface area is 108 Å². The van der Waals surface area contributed by atoms with E-state index >= 15 is 0 Å². The van der Waals surface area contributed by atoms with Gasteiger partial charge in [0.1, 0.15) is 0 Å². The lowest BCUT2D eigenvalue weighted by atomic mass is 10.1. The highest BCUT2D eigenvalue weighted by molar-refractivity contribution is 5.87. The van der Waals surface area contributed by atoms with Crippen LogP contribution < -0.4 is 0 Å². The van der Waals surface area contributed by atoms with Crippen LogP contribution in [0.1, 0.15) is 26.4 Å². The van der Waals surface area contributed by atoms with E-state index in [4.69, 9.17) is 5.11 Å². The quantitative estimate of drug-likeness (QED) is 0.818. The Morgan fingerprint density at radius 3 is 2.89 bits per heavy atom. The lowest BCUT2D eigenvalue weighted by molar-refractivity contribution is 0.0593. The van der Waals surface area contributed by atoms with Gasteiger partial charge in [0.25, 0.3) is 0 Å². The second-order valence-electron chi connectivity index (χ2n) is 3.80. The number of carboxylic acids is 1. The highest BCUT2D eigenvalue weighted by Gasteiger charge is 2.11. The fourth-order valence-electron chi connectivity index (χ4n) is 1.56. The van der Waals surface area contributed by atoms with Crippen LogP contribution in [0.5, 0.6) is 0 Å². The maximum Gasteiger partial charge on any atom is 0.360 e. The summed E-state index contributed by atoms with van der Waals surface area (Å²) >= 11 is 0. The van der Waals surface area contributed by atoms with Crippen molar-refractivity contribution < 1.29 is 19.4 Å². The standard InChI is InChI=1S/C12H11N3O4/c1-19-12(18)10-7-15(14-13-10)6-8-3-2-4-9(5-8)11(16)17/h2-5,7H,6H2,1H3,(H,16,17). The molecular weight excluding hydrogens is 250 g/mol. The zero-order valence-corrected chi connectivity index (χ0v) is 10.1. The Morgan fingerprint density at radius 2 is 2.21 bits per heavy atom. The van der Waals surface area contributed by atoms with Gasteiger partial charge in [-0.25, -0.2) is 14.3 Å². The lowest BCUT2D eigenvalue weighted by Gasteiger charge is -2.02. The van der Waals surface area contributed by atoms with E-state index in [0.29, 0.717) is 6.54 Å². The molecule has 2 rings (SSSR count). The minimum atomic E-state index is -0.990. The van der Waals surface area contributed by atoms with E-state index < -0.39 is 11.9 Å². The molecule has 19 heavy (non-hydrogen) atoms. The predicted octanol–water partition coefficient (Wildman–Crippen LogP) is 0.811. The molecule has 0 saturated heterocycles. The van der Waals surface area contributed by atoms with Crippen LogP contribution >= 0.6 is 0 Å². The molecule has 0 saturated carbocycles. The number of rotatable bonds is 4. The molecule has 0 fully saturated rings. The average Bonchev–Trinajstić information content (AvgIpc) is 2.86. The fraction of sp³-hybridized carbons (Fsp3) is 0.167. The number of hydrogen-bond acceptors (Lipinski definition) is 5. The molecule has 7 heteroatoms. The maximum absolute atomic E-state index is 11.2. The van der Waals surface area contributed by atoms with Crippen molar-refractivity contribution in [3.63, 3.8) is 0 Å². The van der Waals surface area contributed by atoms with Gasteiger partial charge in [-0.15, -0.1) is 5.10 Å². The van der Waals surface area contributed by atoms with Crippen molar-refractivity contribution in [3.05, 3.63) is 47.3 Å². The molecule has 98 valence electrons. The predicted molar refractivity (Wildman–Crippen MR) is 63.9 cm³/mol. The molecule has 0 atom stereocenters. The van der Waals surface area contributed by atoms with Crippen LogP contribution in [0.15, 0.2) is 30.5 Å². The average molecular weight is 261 g/mol. The van der Waals surface area contributed by atoms with E-state index in [0.717, 1.165) is 5.56 Å². The largest absolute Gasteiger partial charge is 0.478 e. The second-order valence-corrected chi connectivity index (χ2v) is 3.80. The number of hydrogen-bond donors (Lipinski definition) is 1. The zero-order chi connectivity index (χ0) is 13.8. The van der Waals surface area contributed by atoms with Crippen LogP contribution in [0, 0.1) is 0 Å². The Kier molecular flexibility index (Phi) is 3.56. The van der Waals surface area contributed by atoms with Crippen molar-refractivity contribution in [2.24, 2.45) is 0 Å². The Morgan fingerprint density at radius 1 is 1.42 bits per heavy atom. The summed E-state index contributed by atoms with van der Waals surface area (Å²) in [6.07, 6.45) is 1.44. The first kappa shape index (κ1) is 12.7. The van der Waals surface area contributed by atoms with E-state index in [-0.39, 0.29) is 11.3 Å². The van der Waals surface area contributed by atoms with Gasteiger partial charge in [0.2, 0.25) is 0 Å². The van der Waals surface area contributed by atoms with E-state index in [1.165, 1.54) is 24.1 Å². The molecule has 0 unspecified atom stereocenters. The van der Waals surface area contributed by atoms with Gasteiger partial charge >= 0.3 is 11.9 Å². The third-order valence-corrected chi connectivity index (χ3v) is 2.45. The van der Waals surface area contributed by atoms with Crippen molar-refractivity contribution in [1.82, 2.24) is 15.0 Å². The molecule has 1 aromatic carbocycles. The molecule has 0 aliphatic rings. The van der Waals surface area contributed by atoms with Crippen LogP contribution in [0.3, 0.4) is 0 Å². The number of nitrogens with zero attached hydrogens (tertiary/aromatic N) is 3. The summed E-state index contributed by atoms with van der Waals surface area (Å²) in [7, 11) is 1.26. The first-order valence-corrected chi connectivity index (χ1v) is 5.41. The molecule has 0 aliphatic heterocycles. The third kappa shape index (κ3) is 2.95. The number of esters is 1. The topological polar surface area (TPSA) is 94.3 Å². The second kappa shape index (κ2) is 5.30. The van der Waals surface area contributed by atoms with Gasteiger partial charge < -0.3 is 9.84 Å². The van der Waals surface area contributed by atoms with Gasteiger partial charge in [0, 0.05) is 0 Å². The van der Waals surface area contributed by atoms with Gasteiger partial charge in [-0.3, -0.25) is 0 Å². The number of carbonyl (C=O) groups is 2. The van der Waals surface area contributed by atoms with Crippen LogP contribution in [0.25, 0.3) is 0 Å². The van der Waals surface area contributed by atoms with Crippen LogP contribution in [0.2, 0.25) is 0 Å². The number of ether oxygens (including phenoxy) is 1. The molecule has 1 heterocycles. The maximum atomic E-state index is 11.2. The minimum absolute atomic E-state index is 0.108. The third-order valence-electron chi connectivity index (χ3n) is 2.45. The van der Waals surface area contributed by atoms with Gasteiger partial charge in [0.15, 0.2) is 5.69 Å². The number of carbonyl (C=O) groups excluding carboxylic acids is 1. The monoisotopic (exact) mass is 261 g/mol. The summed E-state index contributed by atoms with van der Waals surface area (Å²) < 4.78 is 5.96. The van der Waals surface area contributed by atoms with Crippen molar-refractivity contribution in [2.75, 3.05) is 7.11 Å². The summed E-state index contributed by atoms with van der Waals surface area (Å²) in [5.74, 6) is -1.55. The van der Waals surface area contributed by atoms with E-state index in [2.05, 4.69) is 15.0 Å². The number of benzene rings is 1. The molecule has 0 amide bonds. The smallest absolute Gasteiger partial charge is 0.360 e. The van der Waals surface area contributed by atoms with Crippen LogP contribution in [-0.4, -0.2) is 39.1 Å². The summed E-state index contributed by atoms with van der Waals surface area (Å²) in [4.78, 5) is 22.0. The number of aromatic nitrogens is 3. The number of methoxy groups -OCH3 is 1. The van der Waals surface area contributed by atoms with Gasteiger partial charge in [0.05, 0.1) is 25.4 Å². The minimum Gasteiger partial charge on any atom is -0.478 e. The molecule has 2 aromatic rings. The lowest BCUT2D eigenvalue weighted by Crippen LogP contribution is -2.03. The van der Waals surface area contributed by atoms with E-state index in [1.807, 2.05) is 0 Å². The van der Waals surface area contributed by atoms with E-state index in [9.17, 15) is 9.59 Å². The van der Waals surface area contributed by atoms with Crippen LogP contribution in [0.4, 0.5) is 0 Å². The Hall–Kier alpha value is -2.70. The summed E-state index contributed by atoms with van der Waals surface area (Å²) in [5.41, 5.74) is 1.06. The fourth-order valence-corrected chi connectivity index (χ4v) is 1.56. The van der Waals surface area contributed by atoms with Crippen molar-refractivity contribution in [2.45, 2.75) is 6.54 Å². The molecule has 0 radical (unpaired) electrons. The van der Waals surface area contributed by atoms with Crippen molar-refractivity contribution >= 4 is 11.9 Å². The zero-order valence-electron chi connectivity index (χ0n) is 10.1. The molecule has 0 aliphatic carbocycles. The summed E-state index contributed by atoms with van der Waals surface area (Å²) in [5, 5.41) is 16.3. The summed E-state index contributed by atoms with van der Waals surface area (Å²) in [6, 6.07) is 6.47. The molecule has 0 bridgehead atoms. The van der Waals surface area contributed by atoms with Crippen molar-refractivity contribution in [3.8, 4) is 0 Å². The highest BCUT2D eigenvalue weighted by Crippen LogP contribution is 2.07. The summed E-state index contributed by atoms with van der Waals surface area (Å²) in [6.45, 7) is 0.325. The normalized spacial score (nSPS) is 10.2. The highest BCUT2D eigenvalue weighted by atomic mass is 16.5. The molecule has 0 spiro atoms. The Balaban J connectivity index is 2.17. The number of carboxylic acid groups (broad SMARTS) is 1. The van der Waals surface area contributed by atoms with Crippen LogP contribution in [-0.2, 0) is 11.3 Å². The molecule has 1 N–H and O–H groups in total. The number of aromatic carboxylic acids is 1. The van der Waals surface area contributed by atoms with Gasteiger partial charge in [-0.05, 0) is 17.7 Å². The molecule has 1 aromatic heterocycles. The molecular formula is C12H11N3O4. The first-order chi connectivity index (χ1) is 9.10. The van der Waals surface area contributed by atoms with Crippen molar-refractivity contribution in [1.29, 1.82) is 0 Å².